The minimum absolute atomic E-state index is 0.261. The van der Waals surface area contributed by atoms with Crippen molar-refractivity contribution in [2.45, 2.75) is 19.3 Å². The molecule has 1 aliphatic heterocycles. The number of carbonyl (C=O) groups excluding carboxylic acids is 1. The Morgan fingerprint density at radius 3 is 2.77 bits per heavy atom. The molecule has 140 valence electrons. The van der Waals surface area contributed by atoms with Crippen molar-refractivity contribution < 1.29 is 14.3 Å². The van der Waals surface area contributed by atoms with Crippen molar-refractivity contribution in [1.29, 1.82) is 0 Å². The number of halogens is 1. The van der Waals surface area contributed by atoms with Gasteiger partial charge in [-0.05, 0) is 38.1 Å². The van der Waals surface area contributed by atoms with Crippen molar-refractivity contribution in [2.24, 2.45) is 5.73 Å². The molecule has 26 heavy (non-hydrogen) atoms. The van der Waals surface area contributed by atoms with Crippen LogP contribution in [0.15, 0.2) is 17.5 Å². The molecule has 0 bridgehead atoms. The molecule has 0 unspecified atom stereocenters. The third-order valence-corrected chi connectivity index (χ3v) is 5.48. The SMILES string of the molecule is COc1cc(-c2csc(C(N)=O)n2)cc(Cl)c1OCCN1CCCCC1. The second-order valence-corrected chi connectivity index (χ2v) is 7.41. The summed E-state index contributed by atoms with van der Waals surface area (Å²) < 4.78 is 11.4. The van der Waals surface area contributed by atoms with E-state index >= 15 is 0 Å². The number of rotatable bonds is 7. The lowest BCUT2D eigenvalue weighted by molar-refractivity contribution is 0.1000. The molecule has 1 amide bonds. The molecule has 0 spiro atoms. The number of primary amides is 1. The fourth-order valence-corrected chi connectivity index (χ4v) is 3.93. The Hall–Kier alpha value is -1.83. The van der Waals surface area contributed by atoms with E-state index in [0.29, 0.717) is 28.8 Å². The Morgan fingerprint density at radius 1 is 1.35 bits per heavy atom. The van der Waals surface area contributed by atoms with Crippen molar-refractivity contribution >= 4 is 28.8 Å². The smallest absolute Gasteiger partial charge is 0.277 e. The second kappa shape index (κ2) is 8.70. The first kappa shape index (κ1) is 18.9. The number of likely N-dealkylation sites (tertiary alicyclic amines) is 1. The molecule has 1 aliphatic rings. The number of nitrogens with two attached hydrogens (primary N) is 1. The highest BCUT2D eigenvalue weighted by atomic mass is 35.5. The molecule has 1 fully saturated rings. The molecule has 2 N–H and O–H groups in total. The van der Waals surface area contributed by atoms with Crippen LogP contribution < -0.4 is 15.2 Å². The summed E-state index contributed by atoms with van der Waals surface area (Å²) in [5.74, 6) is 0.525. The van der Waals surface area contributed by atoms with Crippen LogP contribution in [0.25, 0.3) is 11.3 Å². The third-order valence-electron chi connectivity index (χ3n) is 4.34. The molecule has 0 atom stereocenters. The van der Waals surface area contributed by atoms with Crippen molar-refractivity contribution in [2.75, 3.05) is 33.4 Å². The first-order valence-corrected chi connectivity index (χ1v) is 9.82. The highest BCUT2D eigenvalue weighted by Gasteiger charge is 2.17. The van der Waals surface area contributed by atoms with Crippen LogP contribution in [0.2, 0.25) is 5.02 Å². The Morgan fingerprint density at radius 2 is 2.12 bits per heavy atom. The minimum Gasteiger partial charge on any atom is -0.493 e. The Balaban J connectivity index is 1.72. The number of piperidine rings is 1. The number of ether oxygens (including phenoxy) is 2. The standard InChI is InChI=1S/C18H22ClN3O3S/c1-24-15-10-12(14-11-26-18(21-14)17(20)23)9-13(19)16(15)25-8-7-22-5-3-2-4-6-22/h9-11H,2-8H2,1H3,(H2,20,23). The van der Waals surface area contributed by atoms with Gasteiger partial charge < -0.3 is 15.2 Å². The van der Waals surface area contributed by atoms with Crippen LogP contribution >= 0.6 is 22.9 Å². The van der Waals surface area contributed by atoms with Crippen LogP contribution in [0.3, 0.4) is 0 Å². The average molecular weight is 396 g/mol. The molecule has 2 heterocycles. The number of methoxy groups -OCH3 is 1. The predicted octanol–water partition coefficient (Wildman–Crippen LogP) is 3.44. The molecular formula is C18H22ClN3O3S. The summed E-state index contributed by atoms with van der Waals surface area (Å²) in [7, 11) is 1.57. The van der Waals surface area contributed by atoms with E-state index in [4.69, 9.17) is 26.8 Å². The number of thiazole rings is 1. The van der Waals surface area contributed by atoms with Gasteiger partial charge in [0.25, 0.3) is 5.91 Å². The van der Waals surface area contributed by atoms with Gasteiger partial charge in [-0.25, -0.2) is 4.98 Å². The van der Waals surface area contributed by atoms with Gasteiger partial charge in [-0.2, -0.15) is 0 Å². The van der Waals surface area contributed by atoms with E-state index in [2.05, 4.69) is 9.88 Å². The van der Waals surface area contributed by atoms with Gasteiger partial charge in [-0.1, -0.05) is 18.0 Å². The van der Waals surface area contributed by atoms with E-state index in [0.717, 1.165) is 25.2 Å². The number of hydrogen-bond donors (Lipinski definition) is 1. The topological polar surface area (TPSA) is 77.7 Å². The Labute approximate surface area is 161 Å². The summed E-state index contributed by atoms with van der Waals surface area (Å²) in [6.07, 6.45) is 3.81. The van der Waals surface area contributed by atoms with Gasteiger partial charge >= 0.3 is 0 Å². The van der Waals surface area contributed by atoms with Gasteiger partial charge in [0, 0.05) is 17.5 Å². The molecule has 0 radical (unpaired) electrons. The zero-order valence-corrected chi connectivity index (χ0v) is 16.2. The molecule has 0 aliphatic carbocycles. The summed E-state index contributed by atoms with van der Waals surface area (Å²) in [6, 6.07) is 3.57. The van der Waals surface area contributed by atoms with E-state index in [-0.39, 0.29) is 5.01 Å². The van der Waals surface area contributed by atoms with Crippen LogP contribution in [-0.4, -0.2) is 49.1 Å². The van der Waals surface area contributed by atoms with E-state index in [1.165, 1.54) is 30.6 Å². The fourth-order valence-electron chi connectivity index (χ4n) is 2.99. The number of carbonyl (C=O) groups is 1. The van der Waals surface area contributed by atoms with Crippen LogP contribution in [0, 0.1) is 0 Å². The maximum Gasteiger partial charge on any atom is 0.277 e. The maximum atomic E-state index is 11.2. The molecule has 1 aromatic heterocycles. The number of amides is 1. The molecule has 1 saturated heterocycles. The number of hydrogen-bond acceptors (Lipinski definition) is 6. The van der Waals surface area contributed by atoms with Crippen molar-refractivity contribution in [1.82, 2.24) is 9.88 Å². The van der Waals surface area contributed by atoms with Gasteiger partial charge in [-0.3, -0.25) is 9.69 Å². The molecular weight excluding hydrogens is 374 g/mol. The predicted molar refractivity (Wildman–Crippen MR) is 103 cm³/mol. The average Bonchev–Trinajstić information content (AvgIpc) is 3.14. The number of nitrogens with zero attached hydrogens (tertiary/aromatic N) is 2. The number of benzene rings is 1. The van der Waals surface area contributed by atoms with E-state index in [1.807, 2.05) is 6.07 Å². The minimum atomic E-state index is -0.544. The van der Waals surface area contributed by atoms with Crippen LogP contribution in [0.5, 0.6) is 11.5 Å². The van der Waals surface area contributed by atoms with E-state index in [1.54, 1.807) is 18.6 Å². The summed E-state index contributed by atoms with van der Waals surface area (Å²) in [5, 5.41) is 2.48. The highest BCUT2D eigenvalue weighted by molar-refractivity contribution is 7.12. The highest BCUT2D eigenvalue weighted by Crippen LogP contribution is 2.39. The third kappa shape index (κ3) is 4.47. The molecule has 3 rings (SSSR count). The van der Waals surface area contributed by atoms with E-state index in [9.17, 15) is 4.79 Å². The summed E-state index contributed by atoms with van der Waals surface area (Å²) in [4.78, 5) is 17.9. The quantitative estimate of drug-likeness (QED) is 0.777. The van der Waals surface area contributed by atoms with Gasteiger partial charge in [0.1, 0.15) is 6.61 Å². The maximum absolute atomic E-state index is 11.2. The normalized spacial score (nSPS) is 15.0. The lowest BCUT2D eigenvalue weighted by atomic mass is 10.1. The van der Waals surface area contributed by atoms with Gasteiger partial charge in [-0.15, -0.1) is 11.3 Å². The fraction of sp³-hybridized carbons (Fsp3) is 0.444. The molecule has 6 nitrogen and oxygen atoms in total. The summed E-state index contributed by atoms with van der Waals surface area (Å²) in [6.45, 7) is 3.67. The second-order valence-electron chi connectivity index (χ2n) is 6.14. The van der Waals surface area contributed by atoms with Gasteiger partial charge in [0.15, 0.2) is 16.5 Å². The summed E-state index contributed by atoms with van der Waals surface area (Å²) >= 11 is 7.62. The lowest BCUT2D eigenvalue weighted by Gasteiger charge is -2.26. The molecule has 8 heteroatoms. The Kier molecular flexibility index (Phi) is 6.34. The van der Waals surface area contributed by atoms with Crippen LogP contribution in [0.1, 0.15) is 29.1 Å². The first-order valence-electron chi connectivity index (χ1n) is 8.57. The molecule has 0 saturated carbocycles. The zero-order chi connectivity index (χ0) is 18.5. The van der Waals surface area contributed by atoms with Crippen LogP contribution in [0.4, 0.5) is 0 Å². The van der Waals surface area contributed by atoms with Gasteiger partial charge in [0.2, 0.25) is 0 Å². The lowest BCUT2D eigenvalue weighted by Crippen LogP contribution is -2.33. The van der Waals surface area contributed by atoms with E-state index < -0.39 is 5.91 Å². The largest absolute Gasteiger partial charge is 0.493 e. The molecule has 1 aromatic carbocycles. The van der Waals surface area contributed by atoms with Crippen LogP contribution in [-0.2, 0) is 0 Å². The summed E-state index contributed by atoms with van der Waals surface area (Å²) in [5.41, 5.74) is 6.64. The first-order chi connectivity index (χ1) is 12.6. The van der Waals surface area contributed by atoms with Gasteiger partial charge in [0.05, 0.1) is 17.8 Å². The monoisotopic (exact) mass is 395 g/mol. The van der Waals surface area contributed by atoms with Crippen molar-refractivity contribution in [3.05, 3.63) is 27.5 Å². The van der Waals surface area contributed by atoms with Crippen molar-refractivity contribution in [3.8, 4) is 22.8 Å². The Bertz CT molecular complexity index is 775. The molecule has 2 aromatic rings. The zero-order valence-electron chi connectivity index (χ0n) is 14.7. The number of aromatic nitrogens is 1. The van der Waals surface area contributed by atoms with Crippen molar-refractivity contribution in [3.63, 3.8) is 0 Å².